The van der Waals surface area contributed by atoms with Gasteiger partial charge < -0.3 is 9.47 Å². The SMILES string of the molecule is COC(=O)Cc1ccc(Oc2nc(C)nc3scc(-c4cccs4)c23)cc1. The van der Waals surface area contributed by atoms with E-state index in [1.54, 1.807) is 22.7 Å². The number of nitrogens with zero attached hydrogens (tertiary/aromatic N) is 2. The average molecular weight is 396 g/mol. The molecule has 4 aromatic rings. The summed E-state index contributed by atoms with van der Waals surface area (Å²) in [6.45, 7) is 1.86. The summed E-state index contributed by atoms with van der Waals surface area (Å²) in [6.07, 6.45) is 0.237. The van der Waals surface area contributed by atoms with E-state index in [9.17, 15) is 4.79 Å². The van der Waals surface area contributed by atoms with E-state index in [1.807, 2.05) is 37.3 Å². The van der Waals surface area contributed by atoms with Crippen LogP contribution in [0, 0.1) is 6.92 Å². The Morgan fingerprint density at radius 3 is 2.63 bits per heavy atom. The third kappa shape index (κ3) is 3.70. The monoisotopic (exact) mass is 396 g/mol. The van der Waals surface area contributed by atoms with Crippen LogP contribution in [0.5, 0.6) is 11.6 Å². The molecule has 4 rings (SSSR count). The largest absolute Gasteiger partial charge is 0.469 e. The minimum absolute atomic E-state index is 0.237. The fourth-order valence-corrected chi connectivity index (χ4v) is 4.52. The summed E-state index contributed by atoms with van der Waals surface area (Å²) in [5, 5.41) is 5.07. The molecule has 0 aliphatic heterocycles. The van der Waals surface area contributed by atoms with Crippen LogP contribution in [0.4, 0.5) is 0 Å². The summed E-state index contributed by atoms with van der Waals surface area (Å²) in [7, 11) is 1.38. The highest BCUT2D eigenvalue weighted by Crippen LogP contribution is 2.40. The van der Waals surface area contributed by atoms with Crippen LogP contribution >= 0.6 is 22.7 Å². The molecule has 3 aromatic heterocycles. The standard InChI is InChI=1S/C20H16N2O3S2/c1-12-21-19(25-14-7-5-13(6-8-14)10-17(23)24-2)18-15(11-27-20(18)22-12)16-4-3-9-26-16/h3-9,11H,10H2,1-2H3. The number of aromatic nitrogens is 2. The Kier molecular flexibility index (Phi) is 4.87. The van der Waals surface area contributed by atoms with Crippen LogP contribution in [0.15, 0.2) is 47.2 Å². The number of aryl methyl sites for hydroxylation is 1. The van der Waals surface area contributed by atoms with Gasteiger partial charge in [0.05, 0.1) is 18.9 Å². The van der Waals surface area contributed by atoms with E-state index in [2.05, 4.69) is 26.8 Å². The molecule has 0 saturated carbocycles. The molecule has 5 nitrogen and oxygen atoms in total. The van der Waals surface area contributed by atoms with Gasteiger partial charge in [-0.05, 0) is 36.1 Å². The molecule has 0 atom stereocenters. The number of hydrogen-bond donors (Lipinski definition) is 0. The summed E-state index contributed by atoms with van der Waals surface area (Å²) in [5.74, 6) is 1.60. The molecule has 3 heterocycles. The second-order valence-corrected chi connectivity index (χ2v) is 7.69. The molecule has 0 spiro atoms. The van der Waals surface area contributed by atoms with E-state index in [0.29, 0.717) is 17.5 Å². The van der Waals surface area contributed by atoms with Gasteiger partial charge in [-0.3, -0.25) is 4.79 Å². The van der Waals surface area contributed by atoms with Gasteiger partial charge in [-0.25, -0.2) is 4.98 Å². The highest BCUT2D eigenvalue weighted by atomic mass is 32.1. The average Bonchev–Trinajstić information content (AvgIpc) is 3.32. The second kappa shape index (κ2) is 7.46. The summed E-state index contributed by atoms with van der Waals surface area (Å²) in [4.78, 5) is 22.5. The Labute approximate surface area is 164 Å². The molecule has 136 valence electrons. The van der Waals surface area contributed by atoms with Crippen molar-refractivity contribution in [1.82, 2.24) is 9.97 Å². The molecule has 0 radical (unpaired) electrons. The Hall–Kier alpha value is -2.77. The predicted octanol–water partition coefficient (Wildman–Crippen LogP) is 5.24. The number of benzene rings is 1. The third-order valence-electron chi connectivity index (χ3n) is 4.01. The normalized spacial score (nSPS) is 10.9. The van der Waals surface area contributed by atoms with E-state index in [0.717, 1.165) is 26.2 Å². The van der Waals surface area contributed by atoms with Crippen LogP contribution in [0.3, 0.4) is 0 Å². The van der Waals surface area contributed by atoms with E-state index >= 15 is 0 Å². The van der Waals surface area contributed by atoms with Crippen molar-refractivity contribution in [2.45, 2.75) is 13.3 Å². The molecule has 0 aliphatic carbocycles. The number of fused-ring (bicyclic) bond motifs is 1. The highest BCUT2D eigenvalue weighted by Gasteiger charge is 2.17. The quantitative estimate of drug-likeness (QED) is 0.432. The van der Waals surface area contributed by atoms with Crippen molar-refractivity contribution >= 4 is 38.9 Å². The van der Waals surface area contributed by atoms with Crippen molar-refractivity contribution in [2.75, 3.05) is 7.11 Å². The van der Waals surface area contributed by atoms with Crippen molar-refractivity contribution in [1.29, 1.82) is 0 Å². The van der Waals surface area contributed by atoms with Crippen molar-refractivity contribution in [3.05, 3.63) is 58.5 Å². The summed E-state index contributed by atoms with van der Waals surface area (Å²) in [5.41, 5.74) is 1.95. The Morgan fingerprint density at radius 2 is 1.93 bits per heavy atom. The zero-order valence-electron chi connectivity index (χ0n) is 14.8. The first-order valence-corrected chi connectivity index (χ1v) is 10.0. The van der Waals surface area contributed by atoms with Crippen LogP contribution < -0.4 is 4.74 Å². The van der Waals surface area contributed by atoms with Gasteiger partial charge in [0.25, 0.3) is 0 Å². The molecule has 0 amide bonds. The van der Waals surface area contributed by atoms with E-state index in [4.69, 9.17) is 9.47 Å². The summed E-state index contributed by atoms with van der Waals surface area (Å²) in [6, 6.07) is 11.5. The molecule has 1 aromatic carbocycles. The van der Waals surface area contributed by atoms with Crippen molar-refractivity contribution in [3.63, 3.8) is 0 Å². The van der Waals surface area contributed by atoms with Crippen LogP contribution in [0.25, 0.3) is 20.7 Å². The van der Waals surface area contributed by atoms with Crippen molar-refractivity contribution in [3.8, 4) is 22.1 Å². The smallest absolute Gasteiger partial charge is 0.309 e. The first-order chi connectivity index (χ1) is 13.1. The van der Waals surface area contributed by atoms with Crippen molar-refractivity contribution in [2.24, 2.45) is 0 Å². The number of hydrogen-bond acceptors (Lipinski definition) is 7. The van der Waals surface area contributed by atoms with Crippen LogP contribution in [-0.4, -0.2) is 23.0 Å². The zero-order chi connectivity index (χ0) is 18.8. The highest BCUT2D eigenvalue weighted by molar-refractivity contribution is 7.18. The number of thiophene rings is 2. The molecular formula is C20H16N2O3S2. The molecule has 27 heavy (non-hydrogen) atoms. The van der Waals surface area contributed by atoms with E-state index in [-0.39, 0.29) is 12.4 Å². The number of ether oxygens (including phenoxy) is 2. The Morgan fingerprint density at radius 1 is 1.11 bits per heavy atom. The van der Waals surface area contributed by atoms with Gasteiger partial charge in [0.1, 0.15) is 16.4 Å². The molecule has 0 fully saturated rings. The molecule has 7 heteroatoms. The molecule has 0 bridgehead atoms. The molecule has 0 unspecified atom stereocenters. The number of methoxy groups -OCH3 is 1. The number of carbonyl (C=O) groups excluding carboxylic acids is 1. The fraction of sp³-hybridized carbons (Fsp3) is 0.150. The number of carbonyl (C=O) groups is 1. The molecule has 0 aliphatic rings. The summed E-state index contributed by atoms with van der Waals surface area (Å²) >= 11 is 3.26. The second-order valence-electron chi connectivity index (χ2n) is 5.88. The maximum Gasteiger partial charge on any atom is 0.309 e. The van der Waals surface area contributed by atoms with Gasteiger partial charge in [0.2, 0.25) is 5.88 Å². The van der Waals surface area contributed by atoms with Gasteiger partial charge in [-0.2, -0.15) is 4.98 Å². The minimum Gasteiger partial charge on any atom is -0.469 e. The van der Waals surface area contributed by atoms with E-state index in [1.165, 1.54) is 7.11 Å². The van der Waals surface area contributed by atoms with Crippen LogP contribution in [-0.2, 0) is 16.0 Å². The Bertz CT molecular complexity index is 1090. The van der Waals surface area contributed by atoms with E-state index < -0.39 is 0 Å². The third-order valence-corrected chi connectivity index (χ3v) is 5.79. The topological polar surface area (TPSA) is 61.3 Å². The molecule has 0 N–H and O–H groups in total. The number of esters is 1. The Balaban J connectivity index is 1.69. The maximum absolute atomic E-state index is 11.4. The first-order valence-electron chi connectivity index (χ1n) is 8.27. The van der Waals surface area contributed by atoms with Gasteiger partial charge in [0.15, 0.2) is 0 Å². The lowest BCUT2D eigenvalue weighted by Crippen LogP contribution is -2.04. The predicted molar refractivity (Wildman–Crippen MR) is 108 cm³/mol. The van der Waals surface area contributed by atoms with Gasteiger partial charge in [0, 0.05) is 15.8 Å². The van der Waals surface area contributed by atoms with Gasteiger partial charge >= 0.3 is 5.97 Å². The first kappa shape index (κ1) is 17.6. The molecule has 0 saturated heterocycles. The molecular weight excluding hydrogens is 380 g/mol. The lowest BCUT2D eigenvalue weighted by atomic mass is 10.1. The number of rotatable bonds is 5. The van der Waals surface area contributed by atoms with Gasteiger partial charge in [-0.1, -0.05) is 18.2 Å². The zero-order valence-corrected chi connectivity index (χ0v) is 16.4. The fourth-order valence-electron chi connectivity index (χ4n) is 2.72. The van der Waals surface area contributed by atoms with Gasteiger partial charge in [-0.15, -0.1) is 22.7 Å². The van der Waals surface area contributed by atoms with Crippen LogP contribution in [0.1, 0.15) is 11.4 Å². The van der Waals surface area contributed by atoms with Crippen LogP contribution in [0.2, 0.25) is 0 Å². The maximum atomic E-state index is 11.4. The summed E-state index contributed by atoms with van der Waals surface area (Å²) < 4.78 is 10.8. The van der Waals surface area contributed by atoms with Crippen molar-refractivity contribution < 1.29 is 14.3 Å². The minimum atomic E-state index is -0.268. The lowest BCUT2D eigenvalue weighted by Gasteiger charge is -2.09. The lowest BCUT2D eigenvalue weighted by molar-refractivity contribution is -0.139.